The van der Waals surface area contributed by atoms with E-state index in [9.17, 15) is 9.59 Å². The highest BCUT2D eigenvalue weighted by Gasteiger charge is 2.49. The molecular weight excluding hydrogens is 414 g/mol. The third-order valence-corrected chi connectivity index (χ3v) is 7.44. The Kier molecular flexibility index (Phi) is 8.61. The van der Waals surface area contributed by atoms with Crippen molar-refractivity contribution < 1.29 is 19.1 Å². The molecule has 1 amide bonds. The SMILES string of the molecule is COC(=O)[C@]1(C/C=C/C2CCCCC2)CC(C(C)(C)C)CN(C(=O)OCc2ccccc2)C1. The average molecular weight is 456 g/mol. The zero-order valence-electron chi connectivity index (χ0n) is 20.8. The minimum absolute atomic E-state index is 0.0509. The van der Waals surface area contributed by atoms with Crippen molar-refractivity contribution in [2.24, 2.45) is 22.7 Å². The van der Waals surface area contributed by atoms with Gasteiger partial charge in [-0.1, -0.05) is 82.5 Å². The van der Waals surface area contributed by atoms with Crippen LogP contribution in [0.2, 0.25) is 0 Å². The third kappa shape index (κ3) is 6.84. The molecule has 1 aromatic rings. The van der Waals surface area contributed by atoms with E-state index in [2.05, 4.69) is 32.9 Å². The van der Waals surface area contributed by atoms with E-state index in [0.29, 0.717) is 31.8 Å². The fourth-order valence-corrected chi connectivity index (χ4v) is 5.23. The minimum Gasteiger partial charge on any atom is -0.469 e. The first-order chi connectivity index (χ1) is 15.7. The second-order valence-corrected chi connectivity index (χ2v) is 11.0. The Balaban J connectivity index is 1.78. The molecule has 0 spiro atoms. The lowest BCUT2D eigenvalue weighted by Gasteiger charge is -2.47. The molecule has 5 nitrogen and oxygen atoms in total. The normalized spacial score (nSPS) is 24.6. The van der Waals surface area contributed by atoms with E-state index in [1.54, 1.807) is 4.90 Å². The molecule has 2 atom stereocenters. The summed E-state index contributed by atoms with van der Waals surface area (Å²) in [5.41, 5.74) is 0.150. The van der Waals surface area contributed by atoms with E-state index in [0.717, 1.165) is 5.56 Å². The van der Waals surface area contributed by atoms with Crippen molar-refractivity contribution in [2.75, 3.05) is 20.2 Å². The fraction of sp³-hybridized carbons (Fsp3) is 0.643. The van der Waals surface area contributed by atoms with Crippen LogP contribution in [0, 0.1) is 22.7 Å². The Morgan fingerprint density at radius 2 is 1.82 bits per heavy atom. The van der Waals surface area contributed by atoms with Crippen LogP contribution < -0.4 is 0 Å². The third-order valence-electron chi connectivity index (χ3n) is 7.44. The summed E-state index contributed by atoms with van der Waals surface area (Å²) in [4.78, 5) is 28.0. The van der Waals surface area contributed by atoms with Crippen molar-refractivity contribution in [1.82, 2.24) is 4.90 Å². The Labute approximate surface area is 199 Å². The molecule has 1 heterocycles. The molecule has 3 rings (SSSR count). The number of benzene rings is 1. The summed E-state index contributed by atoms with van der Waals surface area (Å²) in [5, 5.41) is 0. The van der Waals surface area contributed by atoms with Crippen LogP contribution in [0.15, 0.2) is 42.5 Å². The van der Waals surface area contributed by atoms with Crippen LogP contribution in [0.1, 0.15) is 71.3 Å². The molecule has 0 N–H and O–H groups in total. The largest absolute Gasteiger partial charge is 0.469 e. The lowest BCUT2D eigenvalue weighted by atomic mass is 9.65. The van der Waals surface area contributed by atoms with E-state index < -0.39 is 5.41 Å². The summed E-state index contributed by atoms with van der Waals surface area (Å²) in [5.74, 6) is 0.533. The summed E-state index contributed by atoms with van der Waals surface area (Å²) in [6.45, 7) is 7.67. The highest BCUT2D eigenvalue weighted by molar-refractivity contribution is 5.79. The molecule has 0 aromatic heterocycles. The van der Waals surface area contributed by atoms with Gasteiger partial charge in [0, 0.05) is 13.1 Å². The van der Waals surface area contributed by atoms with E-state index in [4.69, 9.17) is 9.47 Å². The average Bonchev–Trinajstić information content (AvgIpc) is 2.82. The number of piperidine rings is 1. The zero-order valence-corrected chi connectivity index (χ0v) is 20.8. The number of ether oxygens (including phenoxy) is 2. The molecule has 1 saturated heterocycles. The monoisotopic (exact) mass is 455 g/mol. The molecule has 0 radical (unpaired) electrons. The molecular formula is C28H41NO4. The number of nitrogens with zero attached hydrogens (tertiary/aromatic N) is 1. The number of allylic oxidation sites excluding steroid dienone is 2. The van der Waals surface area contributed by atoms with Crippen molar-refractivity contribution >= 4 is 12.1 Å². The van der Waals surface area contributed by atoms with Gasteiger partial charge < -0.3 is 14.4 Å². The highest BCUT2D eigenvalue weighted by atomic mass is 16.6. The molecule has 182 valence electrons. The molecule has 1 unspecified atom stereocenters. The Hall–Kier alpha value is -2.30. The van der Waals surface area contributed by atoms with Gasteiger partial charge in [-0.25, -0.2) is 4.79 Å². The van der Waals surface area contributed by atoms with Gasteiger partial charge >= 0.3 is 12.1 Å². The standard InChI is InChI=1S/C28H41NO4/c1-27(2,3)24-18-28(25(30)32-4,17-11-16-22-12-7-5-8-13-22)21-29(19-24)26(31)33-20-23-14-9-6-10-15-23/h6,9-11,14-16,22,24H,5,7-8,12-13,17-21H2,1-4H3/b16-11+/t24?,28-/m1/s1. The van der Waals surface area contributed by atoms with Gasteiger partial charge in [-0.15, -0.1) is 0 Å². The van der Waals surface area contributed by atoms with Crippen molar-refractivity contribution in [3.63, 3.8) is 0 Å². The molecule has 1 aliphatic heterocycles. The van der Waals surface area contributed by atoms with Crippen molar-refractivity contribution in [1.29, 1.82) is 0 Å². The number of likely N-dealkylation sites (tertiary alicyclic amines) is 1. The number of hydrogen-bond donors (Lipinski definition) is 0. The number of amides is 1. The molecule has 2 aliphatic rings. The molecule has 33 heavy (non-hydrogen) atoms. The van der Waals surface area contributed by atoms with Crippen LogP contribution in [0.5, 0.6) is 0 Å². The smallest absolute Gasteiger partial charge is 0.410 e. The highest BCUT2D eigenvalue weighted by Crippen LogP contribution is 2.44. The maximum absolute atomic E-state index is 13.2. The number of carbonyl (C=O) groups is 2. The van der Waals surface area contributed by atoms with E-state index >= 15 is 0 Å². The summed E-state index contributed by atoms with van der Waals surface area (Å²) in [7, 11) is 1.45. The van der Waals surface area contributed by atoms with Crippen LogP contribution in [0.3, 0.4) is 0 Å². The maximum Gasteiger partial charge on any atom is 0.410 e. The van der Waals surface area contributed by atoms with Gasteiger partial charge in [0.2, 0.25) is 0 Å². The Morgan fingerprint density at radius 3 is 2.45 bits per heavy atom. The van der Waals surface area contributed by atoms with Gasteiger partial charge in [-0.3, -0.25) is 4.79 Å². The Bertz CT molecular complexity index is 807. The van der Waals surface area contributed by atoms with Crippen molar-refractivity contribution in [2.45, 2.75) is 72.3 Å². The minimum atomic E-state index is -0.748. The van der Waals surface area contributed by atoms with Crippen molar-refractivity contribution in [3.05, 3.63) is 48.0 Å². The fourth-order valence-electron chi connectivity index (χ4n) is 5.23. The first-order valence-corrected chi connectivity index (χ1v) is 12.4. The van der Waals surface area contributed by atoms with Gasteiger partial charge in [-0.05, 0) is 48.5 Å². The van der Waals surface area contributed by atoms with Gasteiger partial charge in [0.25, 0.3) is 0 Å². The number of rotatable bonds is 6. The van der Waals surface area contributed by atoms with Crippen LogP contribution >= 0.6 is 0 Å². The number of methoxy groups -OCH3 is 1. The topological polar surface area (TPSA) is 55.8 Å². The van der Waals surface area contributed by atoms with Crippen LogP contribution in [0.4, 0.5) is 4.79 Å². The lowest BCUT2D eigenvalue weighted by molar-refractivity contribution is -0.158. The number of carbonyl (C=O) groups excluding carboxylic acids is 2. The van der Waals surface area contributed by atoms with Crippen LogP contribution in [-0.2, 0) is 20.9 Å². The number of esters is 1. The first kappa shape index (κ1) is 25.3. The zero-order chi connectivity index (χ0) is 23.9. The van der Waals surface area contributed by atoms with E-state index in [1.807, 2.05) is 30.3 Å². The summed E-state index contributed by atoms with van der Waals surface area (Å²) >= 11 is 0. The van der Waals surface area contributed by atoms with Gasteiger partial charge in [0.05, 0.1) is 12.5 Å². The molecule has 1 aromatic carbocycles. The second kappa shape index (κ2) is 11.2. The summed E-state index contributed by atoms with van der Waals surface area (Å²) in [6, 6.07) is 9.68. The van der Waals surface area contributed by atoms with Gasteiger partial charge in [0.1, 0.15) is 6.61 Å². The predicted molar refractivity (Wildman–Crippen MR) is 131 cm³/mol. The molecule has 0 bridgehead atoms. The van der Waals surface area contributed by atoms with Crippen molar-refractivity contribution in [3.8, 4) is 0 Å². The van der Waals surface area contributed by atoms with Gasteiger partial charge in [-0.2, -0.15) is 0 Å². The first-order valence-electron chi connectivity index (χ1n) is 12.4. The molecule has 5 heteroatoms. The molecule has 1 aliphatic carbocycles. The van der Waals surface area contributed by atoms with E-state index in [-0.39, 0.29) is 30.0 Å². The number of hydrogen-bond acceptors (Lipinski definition) is 4. The van der Waals surface area contributed by atoms with Crippen LogP contribution in [-0.4, -0.2) is 37.2 Å². The molecule has 2 fully saturated rings. The maximum atomic E-state index is 13.2. The predicted octanol–water partition coefficient (Wildman–Crippen LogP) is 6.38. The summed E-state index contributed by atoms with van der Waals surface area (Å²) < 4.78 is 11.0. The lowest BCUT2D eigenvalue weighted by Crippen LogP contribution is -2.55. The Morgan fingerprint density at radius 1 is 1.12 bits per heavy atom. The van der Waals surface area contributed by atoms with Crippen LogP contribution in [0.25, 0.3) is 0 Å². The second-order valence-electron chi connectivity index (χ2n) is 11.0. The van der Waals surface area contributed by atoms with E-state index in [1.165, 1.54) is 39.2 Å². The molecule has 1 saturated carbocycles. The quantitative estimate of drug-likeness (QED) is 0.369. The summed E-state index contributed by atoms with van der Waals surface area (Å²) in [6.07, 6.45) is 11.7. The van der Waals surface area contributed by atoms with Gasteiger partial charge in [0.15, 0.2) is 0 Å².